The molecule has 0 aliphatic rings. The Morgan fingerprint density at radius 2 is 1.47 bits per heavy atom. The maximum atomic E-state index is 11.1. The Kier molecular flexibility index (Phi) is 5.57. The van der Waals surface area contributed by atoms with Gasteiger partial charge in [-0.05, 0) is 54.1 Å². The number of furan rings is 1. The number of benzene rings is 2. The Bertz CT molecular complexity index is 1110. The van der Waals surface area contributed by atoms with E-state index in [0.29, 0.717) is 24.6 Å². The number of methoxy groups -OCH3 is 2. The molecule has 2 aromatic carbocycles. The van der Waals surface area contributed by atoms with E-state index in [0.717, 1.165) is 33.8 Å². The quantitative estimate of drug-likeness (QED) is 0.435. The highest BCUT2D eigenvalue weighted by Crippen LogP contribution is 2.41. The molecule has 2 aromatic heterocycles. The van der Waals surface area contributed by atoms with Gasteiger partial charge in [0.1, 0.15) is 17.3 Å². The van der Waals surface area contributed by atoms with E-state index in [-0.39, 0.29) is 0 Å². The fraction of sp³-hybridized carbons (Fsp3) is 0.125. The van der Waals surface area contributed by atoms with Crippen molar-refractivity contribution >= 4 is 6.41 Å². The number of ether oxygens (including phenoxy) is 2. The van der Waals surface area contributed by atoms with Gasteiger partial charge in [0.25, 0.3) is 0 Å². The molecule has 1 amide bonds. The van der Waals surface area contributed by atoms with Crippen LogP contribution in [-0.2, 0) is 11.3 Å². The average Bonchev–Trinajstić information content (AvgIpc) is 3.46. The summed E-state index contributed by atoms with van der Waals surface area (Å²) in [7, 11) is 3.28. The van der Waals surface area contributed by atoms with Crippen molar-refractivity contribution in [1.82, 2.24) is 9.88 Å². The molecule has 0 atom stereocenters. The van der Waals surface area contributed by atoms with Crippen LogP contribution in [0.3, 0.4) is 0 Å². The van der Waals surface area contributed by atoms with E-state index in [2.05, 4.69) is 5.32 Å². The molecule has 0 spiro atoms. The minimum Gasteiger partial charge on any atom is -0.497 e. The van der Waals surface area contributed by atoms with Crippen LogP contribution in [0.5, 0.6) is 11.5 Å². The van der Waals surface area contributed by atoms with E-state index in [4.69, 9.17) is 13.9 Å². The molecule has 0 fully saturated rings. The Morgan fingerprint density at radius 3 is 2.00 bits per heavy atom. The van der Waals surface area contributed by atoms with Crippen LogP contribution in [0.1, 0.15) is 5.56 Å². The molecule has 0 saturated heterocycles. The topological polar surface area (TPSA) is 65.6 Å². The molecular formula is C24H22N2O4. The number of carbonyl (C=O) groups excluding carboxylic acids is 1. The first kappa shape index (κ1) is 19.4. The van der Waals surface area contributed by atoms with E-state index in [1.54, 1.807) is 14.2 Å². The number of hydrogen-bond acceptors (Lipinski definition) is 4. The lowest BCUT2D eigenvalue weighted by molar-refractivity contribution is -0.109. The zero-order chi connectivity index (χ0) is 20.9. The van der Waals surface area contributed by atoms with Gasteiger partial charge in [-0.25, -0.2) is 0 Å². The molecule has 152 valence electrons. The summed E-state index contributed by atoms with van der Waals surface area (Å²) in [4.78, 5) is 11.1. The summed E-state index contributed by atoms with van der Waals surface area (Å²) >= 11 is 0. The zero-order valence-corrected chi connectivity index (χ0v) is 16.8. The molecular weight excluding hydrogens is 380 g/mol. The van der Waals surface area contributed by atoms with Crippen molar-refractivity contribution in [1.29, 1.82) is 0 Å². The van der Waals surface area contributed by atoms with Crippen LogP contribution in [-0.4, -0.2) is 25.2 Å². The molecule has 0 unspecified atom stereocenters. The van der Waals surface area contributed by atoms with E-state index < -0.39 is 0 Å². The van der Waals surface area contributed by atoms with Crippen molar-refractivity contribution in [3.63, 3.8) is 0 Å². The van der Waals surface area contributed by atoms with Crippen molar-refractivity contribution < 1.29 is 18.7 Å². The fourth-order valence-electron chi connectivity index (χ4n) is 3.45. The minimum atomic E-state index is 0.331. The second-order valence-corrected chi connectivity index (χ2v) is 6.64. The van der Waals surface area contributed by atoms with Crippen LogP contribution in [0, 0.1) is 0 Å². The van der Waals surface area contributed by atoms with Gasteiger partial charge in [-0.2, -0.15) is 0 Å². The van der Waals surface area contributed by atoms with Crippen molar-refractivity contribution in [2.75, 3.05) is 14.2 Å². The summed E-state index contributed by atoms with van der Waals surface area (Å²) in [6.07, 6.45) is 4.52. The van der Waals surface area contributed by atoms with Crippen molar-refractivity contribution in [3.05, 3.63) is 78.6 Å². The highest BCUT2D eigenvalue weighted by molar-refractivity contribution is 5.85. The molecule has 0 aliphatic carbocycles. The van der Waals surface area contributed by atoms with E-state index in [9.17, 15) is 4.79 Å². The first-order chi connectivity index (χ1) is 14.7. The largest absolute Gasteiger partial charge is 0.497 e. The summed E-state index contributed by atoms with van der Waals surface area (Å²) < 4.78 is 18.9. The normalized spacial score (nSPS) is 10.6. The summed E-state index contributed by atoms with van der Waals surface area (Å²) in [5.41, 5.74) is 3.68. The number of aromatic nitrogens is 1. The Labute approximate surface area is 174 Å². The molecule has 4 rings (SSSR count). The Hall–Kier alpha value is -3.93. The predicted molar refractivity (Wildman–Crippen MR) is 115 cm³/mol. The maximum absolute atomic E-state index is 11.1. The van der Waals surface area contributed by atoms with Gasteiger partial charge in [0.15, 0.2) is 0 Å². The predicted octanol–water partition coefficient (Wildman–Crippen LogP) is 4.67. The lowest BCUT2D eigenvalue weighted by Crippen LogP contribution is -2.11. The van der Waals surface area contributed by atoms with Crippen LogP contribution in [0.15, 0.2) is 77.5 Å². The molecule has 30 heavy (non-hydrogen) atoms. The van der Waals surface area contributed by atoms with E-state index in [1.165, 1.54) is 0 Å². The second-order valence-electron chi connectivity index (χ2n) is 6.64. The number of hydrogen-bond donors (Lipinski definition) is 1. The highest BCUT2D eigenvalue weighted by atomic mass is 16.5. The summed E-state index contributed by atoms with van der Waals surface area (Å²) in [6.45, 7) is 0.331. The molecule has 2 heterocycles. The first-order valence-electron chi connectivity index (χ1n) is 9.50. The number of nitrogens with zero attached hydrogens (tertiary/aromatic N) is 1. The highest BCUT2D eigenvalue weighted by Gasteiger charge is 2.23. The van der Waals surface area contributed by atoms with Crippen molar-refractivity contribution in [2.45, 2.75) is 6.54 Å². The van der Waals surface area contributed by atoms with Crippen LogP contribution in [0.2, 0.25) is 0 Å². The Balaban J connectivity index is 1.95. The van der Waals surface area contributed by atoms with Gasteiger partial charge in [-0.3, -0.25) is 9.36 Å². The van der Waals surface area contributed by atoms with Crippen LogP contribution < -0.4 is 14.8 Å². The smallest absolute Gasteiger partial charge is 0.209 e. The average molecular weight is 402 g/mol. The van der Waals surface area contributed by atoms with Gasteiger partial charge in [0, 0.05) is 35.6 Å². The number of nitrogens with one attached hydrogen (secondary N) is 1. The second kappa shape index (κ2) is 8.61. The standard InChI is InChI=1S/C24H22N2O4/c1-28-19-9-5-17(6-10-19)22-21(15-25-16-27)24(26-13-3-4-14-26)30-23(22)18-7-11-20(29-2)12-8-18/h3-14,16H,15H2,1-2H3,(H,25,27). The third-order valence-corrected chi connectivity index (χ3v) is 4.92. The summed E-state index contributed by atoms with van der Waals surface area (Å²) in [5.74, 6) is 2.91. The fourth-order valence-corrected chi connectivity index (χ4v) is 3.45. The first-order valence-corrected chi connectivity index (χ1v) is 9.50. The lowest BCUT2D eigenvalue weighted by atomic mass is 9.97. The van der Waals surface area contributed by atoms with Gasteiger partial charge in [0.2, 0.25) is 12.3 Å². The van der Waals surface area contributed by atoms with Crippen LogP contribution >= 0.6 is 0 Å². The number of amides is 1. The van der Waals surface area contributed by atoms with Crippen molar-refractivity contribution in [2.24, 2.45) is 0 Å². The number of rotatable bonds is 8. The molecule has 6 nitrogen and oxygen atoms in total. The monoisotopic (exact) mass is 402 g/mol. The summed E-state index contributed by atoms with van der Waals surface area (Å²) in [5, 5.41) is 2.78. The van der Waals surface area contributed by atoms with Crippen LogP contribution in [0.4, 0.5) is 0 Å². The molecule has 1 N–H and O–H groups in total. The van der Waals surface area contributed by atoms with Gasteiger partial charge >= 0.3 is 0 Å². The minimum absolute atomic E-state index is 0.331. The molecule has 0 aliphatic heterocycles. The maximum Gasteiger partial charge on any atom is 0.209 e. The Morgan fingerprint density at radius 1 is 0.900 bits per heavy atom. The lowest BCUT2D eigenvalue weighted by Gasteiger charge is -2.09. The molecule has 4 aromatic rings. The third-order valence-electron chi connectivity index (χ3n) is 4.92. The van der Waals surface area contributed by atoms with E-state index in [1.807, 2.05) is 77.6 Å². The SMILES string of the molecule is COc1ccc(-c2oc(-n3cccc3)c(CNC=O)c2-c2ccc(OC)cc2)cc1. The van der Waals surface area contributed by atoms with Gasteiger partial charge in [-0.1, -0.05) is 12.1 Å². The zero-order valence-electron chi connectivity index (χ0n) is 16.8. The van der Waals surface area contributed by atoms with E-state index >= 15 is 0 Å². The van der Waals surface area contributed by atoms with Gasteiger partial charge in [-0.15, -0.1) is 0 Å². The molecule has 6 heteroatoms. The molecule has 0 saturated carbocycles. The third kappa shape index (κ3) is 3.67. The molecule has 0 radical (unpaired) electrons. The van der Waals surface area contributed by atoms with Crippen LogP contribution in [0.25, 0.3) is 28.3 Å². The van der Waals surface area contributed by atoms with Gasteiger partial charge in [0.05, 0.1) is 14.2 Å². The van der Waals surface area contributed by atoms with Gasteiger partial charge < -0.3 is 19.2 Å². The summed E-state index contributed by atoms with van der Waals surface area (Å²) in [6, 6.07) is 19.4. The van der Waals surface area contributed by atoms with Crippen molar-refractivity contribution in [3.8, 4) is 39.8 Å². The molecule has 0 bridgehead atoms. The number of carbonyl (C=O) groups is 1.